The molecule has 134 valence electrons. The van der Waals surface area contributed by atoms with Crippen LogP contribution in [0.1, 0.15) is 17.5 Å². The average molecular weight is 345 g/mol. The molecule has 0 fully saturated rings. The van der Waals surface area contributed by atoms with Crippen molar-refractivity contribution in [1.82, 2.24) is 10.6 Å². The van der Waals surface area contributed by atoms with E-state index in [1.807, 2.05) is 0 Å². The van der Waals surface area contributed by atoms with Crippen molar-refractivity contribution in [2.24, 2.45) is 5.41 Å². The summed E-state index contributed by atoms with van der Waals surface area (Å²) in [7, 11) is 0. The van der Waals surface area contributed by atoms with Gasteiger partial charge in [0, 0.05) is 31.6 Å². The summed E-state index contributed by atoms with van der Waals surface area (Å²) in [6.07, 6.45) is 9.96. The molecule has 2 nitrogen and oxygen atoms in total. The average Bonchev–Trinajstić information content (AvgIpc) is 2.71. The molecule has 0 spiro atoms. The minimum atomic E-state index is 0.0116. The van der Waals surface area contributed by atoms with E-state index in [4.69, 9.17) is 0 Å². The normalized spacial score (nSPS) is 19.2. The van der Waals surface area contributed by atoms with E-state index in [-0.39, 0.29) is 5.41 Å². The summed E-state index contributed by atoms with van der Waals surface area (Å²) in [5.74, 6) is 0. The molecule has 3 rings (SSSR count). The van der Waals surface area contributed by atoms with Gasteiger partial charge in [-0.1, -0.05) is 85.0 Å². The molecule has 2 aromatic rings. The van der Waals surface area contributed by atoms with E-state index in [1.165, 1.54) is 16.7 Å². The molecule has 0 aliphatic heterocycles. The number of benzene rings is 2. The summed E-state index contributed by atoms with van der Waals surface area (Å²) in [6.45, 7) is 7.67. The van der Waals surface area contributed by atoms with Crippen LogP contribution in [0.25, 0.3) is 0 Å². The van der Waals surface area contributed by atoms with Gasteiger partial charge in [-0.05, 0) is 23.1 Å². The summed E-state index contributed by atoms with van der Waals surface area (Å²) < 4.78 is 0. The third-order valence-corrected chi connectivity index (χ3v) is 4.91. The van der Waals surface area contributed by atoms with Gasteiger partial charge in [-0.3, -0.25) is 0 Å². The molecule has 0 radical (unpaired) electrons. The predicted octanol–water partition coefficient (Wildman–Crippen LogP) is 4.62. The van der Waals surface area contributed by atoms with Crippen LogP contribution in [-0.4, -0.2) is 13.1 Å². The number of allylic oxidation sites excluding steroid dienone is 1. The summed E-state index contributed by atoms with van der Waals surface area (Å²) >= 11 is 0. The van der Waals surface area contributed by atoms with Gasteiger partial charge in [-0.2, -0.15) is 0 Å². The first-order valence-corrected chi connectivity index (χ1v) is 9.31. The minimum Gasteiger partial charge on any atom is -0.311 e. The molecule has 0 bridgehead atoms. The molecular weight excluding hydrogens is 316 g/mol. The molecule has 0 heterocycles. The van der Waals surface area contributed by atoms with Gasteiger partial charge in [0.1, 0.15) is 0 Å². The van der Waals surface area contributed by atoms with Crippen LogP contribution in [0.5, 0.6) is 0 Å². The van der Waals surface area contributed by atoms with E-state index in [1.54, 1.807) is 0 Å². The lowest BCUT2D eigenvalue weighted by Gasteiger charge is -2.29. The molecule has 2 N–H and O–H groups in total. The maximum atomic E-state index is 4.07. The molecule has 0 amide bonds. The molecular formula is C24H28N2. The van der Waals surface area contributed by atoms with Crippen molar-refractivity contribution < 1.29 is 0 Å². The summed E-state index contributed by atoms with van der Waals surface area (Å²) in [5.41, 5.74) is 3.99. The van der Waals surface area contributed by atoms with Crippen molar-refractivity contribution in [1.29, 1.82) is 0 Å². The van der Waals surface area contributed by atoms with Crippen molar-refractivity contribution in [3.8, 4) is 0 Å². The fraction of sp³-hybridized carbons (Fsp3) is 0.250. The highest BCUT2D eigenvalue weighted by atomic mass is 14.9. The standard InChI is InChI=1S/C24H28N2/c1-2-24(20-26-19-22-11-7-4-8-12-22)15-13-23(14-16-24)18-25-17-21-9-5-3-6-10-21/h2-15,25-26H,1,16-20H2. The number of rotatable bonds is 9. The molecule has 2 aromatic carbocycles. The van der Waals surface area contributed by atoms with Crippen molar-refractivity contribution in [2.45, 2.75) is 19.5 Å². The fourth-order valence-electron chi connectivity index (χ4n) is 3.20. The number of hydrogen-bond acceptors (Lipinski definition) is 2. The molecule has 1 aliphatic carbocycles. The molecule has 0 saturated carbocycles. The van der Waals surface area contributed by atoms with Crippen molar-refractivity contribution in [3.05, 3.63) is 108 Å². The van der Waals surface area contributed by atoms with Crippen molar-refractivity contribution in [3.63, 3.8) is 0 Å². The van der Waals surface area contributed by atoms with E-state index in [0.717, 1.165) is 32.6 Å². The highest BCUT2D eigenvalue weighted by molar-refractivity contribution is 5.31. The monoisotopic (exact) mass is 344 g/mol. The second-order valence-corrected chi connectivity index (χ2v) is 6.93. The van der Waals surface area contributed by atoms with Crippen LogP contribution < -0.4 is 10.6 Å². The fourth-order valence-corrected chi connectivity index (χ4v) is 3.20. The second kappa shape index (κ2) is 9.33. The second-order valence-electron chi connectivity index (χ2n) is 6.93. The van der Waals surface area contributed by atoms with E-state index in [2.05, 4.69) is 102 Å². The van der Waals surface area contributed by atoms with Gasteiger partial charge in [0.2, 0.25) is 0 Å². The summed E-state index contributed by atoms with van der Waals surface area (Å²) in [4.78, 5) is 0. The summed E-state index contributed by atoms with van der Waals surface area (Å²) in [5, 5.41) is 7.10. The van der Waals surface area contributed by atoms with Gasteiger partial charge in [0.15, 0.2) is 0 Å². The zero-order valence-corrected chi connectivity index (χ0v) is 15.3. The first kappa shape index (κ1) is 18.4. The van der Waals surface area contributed by atoms with E-state index in [9.17, 15) is 0 Å². The highest BCUT2D eigenvalue weighted by Crippen LogP contribution is 2.30. The van der Waals surface area contributed by atoms with Gasteiger partial charge in [0.05, 0.1) is 0 Å². The smallest absolute Gasteiger partial charge is 0.0221 e. The van der Waals surface area contributed by atoms with Crippen LogP contribution in [0.15, 0.2) is 97.1 Å². The lowest BCUT2D eigenvalue weighted by atomic mass is 9.80. The number of hydrogen-bond donors (Lipinski definition) is 2. The van der Waals surface area contributed by atoms with Crippen LogP contribution in [-0.2, 0) is 13.1 Å². The topological polar surface area (TPSA) is 24.1 Å². The SMILES string of the molecule is C=CC1(CNCc2ccccc2)C=CC(CNCc2ccccc2)=CC1. The van der Waals surface area contributed by atoms with Gasteiger partial charge < -0.3 is 10.6 Å². The molecule has 0 aromatic heterocycles. The Kier molecular flexibility index (Phi) is 6.59. The Balaban J connectivity index is 1.45. The van der Waals surface area contributed by atoms with Crippen LogP contribution in [0.4, 0.5) is 0 Å². The Morgan fingerprint density at radius 1 is 0.846 bits per heavy atom. The third kappa shape index (κ3) is 5.29. The van der Waals surface area contributed by atoms with Gasteiger partial charge in [0.25, 0.3) is 0 Å². The number of nitrogens with one attached hydrogen (secondary N) is 2. The Labute approximate surface area is 157 Å². The zero-order valence-electron chi connectivity index (χ0n) is 15.3. The molecule has 0 saturated heterocycles. The molecule has 1 aliphatic rings. The first-order valence-electron chi connectivity index (χ1n) is 9.31. The van der Waals surface area contributed by atoms with Crippen LogP contribution in [0.3, 0.4) is 0 Å². The Morgan fingerprint density at radius 2 is 1.46 bits per heavy atom. The third-order valence-electron chi connectivity index (χ3n) is 4.91. The quantitative estimate of drug-likeness (QED) is 0.648. The Hall–Kier alpha value is -2.42. The maximum Gasteiger partial charge on any atom is 0.0221 e. The van der Waals surface area contributed by atoms with E-state index in [0.29, 0.717) is 0 Å². The lowest BCUT2D eigenvalue weighted by Crippen LogP contribution is -2.32. The lowest BCUT2D eigenvalue weighted by molar-refractivity contribution is 0.443. The van der Waals surface area contributed by atoms with Crippen LogP contribution in [0, 0.1) is 5.41 Å². The predicted molar refractivity (Wildman–Crippen MR) is 111 cm³/mol. The largest absolute Gasteiger partial charge is 0.311 e. The summed E-state index contributed by atoms with van der Waals surface area (Å²) in [6, 6.07) is 21.0. The van der Waals surface area contributed by atoms with E-state index >= 15 is 0 Å². The highest BCUT2D eigenvalue weighted by Gasteiger charge is 2.24. The molecule has 1 atom stereocenters. The Morgan fingerprint density at radius 3 is 2.00 bits per heavy atom. The van der Waals surface area contributed by atoms with Gasteiger partial charge in [-0.25, -0.2) is 0 Å². The first-order chi connectivity index (χ1) is 12.8. The molecule has 2 heteroatoms. The van der Waals surface area contributed by atoms with Crippen LogP contribution >= 0.6 is 0 Å². The van der Waals surface area contributed by atoms with Gasteiger partial charge in [-0.15, -0.1) is 6.58 Å². The van der Waals surface area contributed by atoms with Crippen molar-refractivity contribution in [2.75, 3.05) is 13.1 Å². The molecule has 26 heavy (non-hydrogen) atoms. The minimum absolute atomic E-state index is 0.0116. The molecule has 1 unspecified atom stereocenters. The van der Waals surface area contributed by atoms with Crippen LogP contribution in [0.2, 0.25) is 0 Å². The van der Waals surface area contributed by atoms with Gasteiger partial charge >= 0.3 is 0 Å². The Bertz CT molecular complexity index is 746. The maximum absolute atomic E-state index is 4.07. The van der Waals surface area contributed by atoms with Crippen molar-refractivity contribution >= 4 is 0 Å². The zero-order chi connectivity index (χ0) is 18.1. The van der Waals surface area contributed by atoms with E-state index < -0.39 is 0 Å².